The third kappa shape index (κ3) is 2.79. The summed E-state index contributed by atoms with van der Waals surface area (Å²) in [7, 11) is 1.61. The van der Waals surface area contributed by atoms with Crippen LogP contribution in [0.15, 0.2) is 6.20 Å². The van der Waals surface area contributed by atoms with Crippen LogP contribution in [0.2, 0.25) is 0 Å². The summed E-state index contributed by atoms with van der Waals surface area (Å²) < 4.78 is 4.95. The average Bonchev–Trinajstić information content (AvgIpc) is 2.48. The van der Waals surface area contributed by atoms with Crippen molar-refractivity contribution in [1.82, 2.24) is 4.98 Å². The minimum Gasteiger partial charge on any atom is -0.473 e. The normalized spacial score (nSPS) is 12.9. The quantitative estimate of drug-likeness (QED) is 0.776. The maximum Gasteiger partial charge on any atom is 0.273 e. The first-order valence-corrected chi connectivity index (χ1v) is 4.70. The molecule has 0 amide bonds. The number of nitrogens with zero attached hydrogens (tertiary/aromatic N) is 1. The van der Waals surface area contributed by atoms with Gasteiger partial charge in [-0.25, -0.2) is 4.98 Å². The van der Waals surface area contributed by atoms with Crippen LogP contribution in [0.5, 0.6) is 5.19 Å². The fraction of sp³-hybridized carbons (Fsp3) is 0.625. The Balaban J connectivity index is 2.41. The van der Waals surface area contributed by atoms with Crippen molar-refractivity contribution in [3.05, 3.63) is 11.1 Å². The first kappa shape index (κ1) is 9.48. The van der Waals surface area contributed by atoms with Gasteiger partial charge in [-0.2, -0.15) is 0 Å². The van der Waals surface area contributed by atoms with E-state index in [1.54, 1.807) is 20.2 Å². The van der Waals surface area contributed by atoms with Crippen molar-refractivity contribution in [1.29, 1.82) is 0 Å². The number of aryl methyl sites for hydroxylation is 1. The van der Waals surface area contributed by atoms with Crippen molar-refractivity contribution >= 4 is 11.3 Å². The molecule has 12 heavy (non-hydrogen) atoms. The van der Waals surface area contributed by atoms with Crippen LogP contribution in [0.1, 0.15) is 18.2 Å². The maximum atomic E-state index is 9.03. The van der Waals surface area contributed by atoms with Crippen LogP contribution in [0.4, 0.5) is 0 Å². The van der Waals surface area contributed by atoms with Crippen molar-refractivity contribution in [3.8, 4) is 5.19 Å². The Hall–Kier alpha value is -0.610. The Morgan fingerprint density at radius 2 is 2.50 bits per heavy atom. The monoisotopic (exact) mass is 187 g/mol. The molecule has 0 fully saturated rings. The molecule has 0 aliphatic carbocycles. The predicted octanol–water partition coefficient (Wildman–Crippen LogP) is 1.47. The van der Waals surface area contributed by atoms with E-state index in [9.17, 15) is 0 Å². The average molecular weight is 187 g/mol. The lowest BCUT2D eigenvalue weighted by Crippen LogP contribution is -2.00. The molecule has 1 N–H and O–H groups in total. The molecule has 1 aromatic rings. The highest BCUT2D eigenvalue weighted by atomic mass is 32.1. The van der Waals surface area contributed by atoms with Crippen molar-refractivity contribution in [3.63, 3.8) is 0 Å². The second-order valence-electron chi connectivity index (χ2n) is 2.68. The smallest absolute Gasteiger partial charge is 0.273 e. The number of thiazole rings is 1. The topological polar surface area (TPSA) is 42.4 Å². The maximum absolute atomic E-state index is 9.03. The van der Waals surface area contributed by atoms with E-state index in [0.717, 1.165) is 17.7 Å². The number of aliphatic hydroxyl groups is 1. The lowest BCUT2D eigenvalue weighted by molar-refractivity contribution is 0.185. The van der Waals surface area contributed by atoms with Crippen molar-refractivity contribution in [2.45, 2.75) is 25.9 Å². The summed E-state index contributed by atoms with van der Waals surface area (Å²) in [6.07, 6.45) is 3.22. The summed E-state index contributed by atoms with van der Waals surface area (Å²) in [5, 5.41) is 9.72. The number of hydrogen-bond donors (Lipinski definition) is 1. The molecule has 0 aliphatic heterocycles. The first-order valence-electron chi connectivity index (χ1n) is 3.89. The molecule has 1 atom stereocenters. The fourth-order valence-electron chi connectivity index (χ4n) is 0.851. The molecule has 0 bridgehead atoms. The van der Waals surface area contributed by atoms with Gasteiger partial charge >= 0.3 is 0 Å². The fourth-order valence-corrected chi connectivity index (χ4v) is 1.59. The Morgan fingerprint density at radius 3 is 3.00 bits per heavy atom. The van der Waals surface area contributed by atoms with Gasteiger partial charge in [0.05, 0.1) is 13.2 Å². The van der Waals surface area contributed by atoms with Gasteiger partial charge in [-0.1, -0.05) is 11.3 Å². The molecule has 0 spiro atoms. The van der Waals surface area contributed by atoms with Gasteiger partial charge in [0.2, 0.25) is 0 Å². The molecule has 4 heteroatoms. The van der Waals surface area contributed by atoms with Gasteiger partial charge in [0.25, 0.3) is 5.19 Å². The summed E-state index contributed by atoms with van der Waals surface area (Å²) in [5.41, 5.74) is 0. The van der Waals surface area contributed by atoms with Crippen LogP contribution in [-0.4, -0.2) is 23.3 Å². The van der Waals surface area contributed by atoms with Gasteiger partial charge in [-0.3, -0.25) is 0 Å². The Labute approximate surface area is 76.0 Å². The van der Waals surface area contributed by atoms with Gasteiger partial charge in [0.15, 0.2) is 0 Å². The van der Waals surface area contributed by atoms with E-state index in [0.29, 0.717) is 5.19 Å². The molecule has 68 valence electrons. The van der Waals surface area contributed by atoms with Crippen LogP contribution in [0.3, 0.4) is 0 Å². The van der Waals surface area contributed by atoms with Crippen LogP contribution in [0.25, 0.3) is 0 Å². The Kier molecular flexibility index (Phi) is 3.49. The molecule has 0 aliphatic rings. The molecule has 1 heterocycles. The Bertz CT molecular complexity index is 235. The SMILES string of the molecule is COc1ncc(CCC(C)O)s1. The molecule has 3 nitrogen and oxygen atoms in total. The first-order chi connectivity index (χ1) is 5.72. The summed E-state index contributed by atoms with van der Waals surface area (Å²) >= 11 is 1.53. The van der Waals surface area contributed by atoms with Gasteiger partial charge in [-0.15, -0.1) is 0 Å². The lowest BCUT2D eigenvalue weighted by atomic mass is 10.2. The van der Waals surface area contributed by atoms with E-state index < -0.39 is 0 Å². The zero-order valence-electron chi connectivity index (χ0n) is 7.28. The van der Waals surface area contributed by atoms with Gasteiger partial charge in [0.1, 0.15) is 0 Å². The number of ether oxygens (including phenoxy) is 1. The van der Waals surface area contributed by atoms with Crippen LogP contribution < -0.4 is 4.74 Å². The van der Waals surface area contributed by atoms with Crippen LogP contribution >= 0.6 is 11.3 Å². The predicted molar refractivity (Wildman–Crippen MR) is 48.7 cm³/mol. The van der Waals surface area contributed by atoms with E-state index in [2.05, 4.69) is 4.98 Å². The van der Waals surface area contributed by atoms with Crippen LogP contribution in [-0.2, 0) is 6.42 Å². The highest BCUT2D eigenvalue weighted by molar-refractivity contribution is 7.13. The summed E-state index contributed by atoms with van der Waals surface area (Å²) in [6.45, 7) is 1.79. The second-order valence-corrected chi connectivity index (χ2v) is 3.76. The summed E-state index contributed by atoms with van der Waals surface area (Å²) in [4.78, 5) is 5.19. The van der Waals surface area contributed by atoms with E-state index in [1.807, 2.05) is 0 Å². The summed E-state index contributed by atoms with van der Waals surface area (Å²) in [5.74, 6) is 0. The molecule has 0 saturated carbocycles. The van der Waals surface area contributed by atoms with Gasteiger partial charge in [0, 0.05) is 11.1 Å². The Morgan fingerprint density at radius 1 is 1.75 bits per heavy atom. The standard InChI is InChI=1S/C8H13NO2S/c1-6(10)3-4-7-5-9-8(11-2)12-7/h5-6,10H,3-4H2,1-2H3. The molecular weight excluding hydrogens is 174 g/mol. The second kappa shape index (κ2) is 4.42. The number of aliphatic hydroxyl groups excluding tert-OH is 1. The minimum absolute atomic E-state index is 0.238. The number of aromatic nitrogens is 1. The van der Waals surface area contributed by atoms with Crippen molar-refractivity contribution in [2.24, 2.45) is 0 Å². The molecule has 0 aromatic carbocycles. The minimum atomic E-state index is -0.238. The van der Waals surface area contributed by atoms with Crippen LogP contribution in [0, 0.1) is 0 Å². The highest BCUT2D eigenvalue weighted by Crippen LogP contribution is 2.21. The zero-order valence-corrected chi connectivity index (χ0v) is 8.10. The summed E-state index contributed by atoms with van der Waals surface area (Å²) in [6, 6.07) is 0. The molecule has 0 saturated heterocycles. The zero-order chi connectivity index (χ0) is 8.97. The third-order valence-electron chi connectivity index (χ3n) is 1.52. The lowest BCUT2D eigenvalue weighted by Gasteiger charge is -1.99. The van der Waals surface area contributed by atoms with Gasteiger partial charge < -0.3 is 9.84 Å². The van der Waals surface area contributed by atoms with Crippen molar-refractivity contribution < 1.29 is 9.84 Å². The van der Waals surface area contributed by atoms with Gasteiger partial charge in [-0.05, 0) is 19.8 Å². The van der Waals surface area contributed by atoms with E-state index in [1.165, 1.54) is 11.3 Å². The molecular formula is C8H13NO2S. The van der Waals surface area contributed by atoms with E-state index >= 15 is 0 Å². The number of hydrogen-bond acceptors (Lipinski definition) is 4. The number of rotatable bonds is 4. The molecule has 1 unspecified atom stereocenters. The molecule has 0 radical (unpaired) electrons. The largest absolute Gasteiger partial charge is 0.473 e. The van der Waals surface area contributed by atoms with E-state index in [4.69, 9.17) is 9.84 Å². The number of methoxy groups -OCH3 is 1. The molecule has 1 aromatic heterocycles. The van der Waals surface area contributed by atoms with E-state index in [-0.39, 0.29) is 6.10 Å². The molecule has 1 rings (SSSR count). The third-order valence-corrected chi connectivity index (χ3v) is 2.53. The van der Waals surface area contributed by atoms with Crippen molar-refractivity contribution in [2.75, 3.05) is 7.11 Å². The highest BCUT2D eigenvalue weighted by Gasteiger charge is 2.02.